The molecular weight excluding hydrogens is 282 g/mol. The molecular formula is C15H19N5O2. The molecule has 0 saturated heterocycles. The summed E-state index contributed by atoms with van der Waals surface area (Å²) in [6.45, 7) is 5.74. The van der Waals surface area contributed by atoms with Gasteiger partial charge < -0.3 is 15.8 Å². The summed E-state index contributed by atoms with van der Waals surface area (Å²) in [5.41, 5.74) is 6.84. The van der Waals surface area contributed by atoms with E-state index < -0.39 is 0 Å². The Morgan fingerprint density at radius 2 is 2.18 bits per heavy atom. The number of hydrogen-bond donors (Lipinski definition) is 2. The number of nitrogen functional groups attached to an aromatic ring is 1. The number of carbonyl (C=O) groups is 1. The van der Waals surface area contributed by atoms with Gasteiger partial charge >= 0.3 is 0 Å². The number of aryl methyl sites for hydroxylation is 1. The lowest BCUT2D eigenvalue weighted by Gasteiger charge is -2.13. The van der Waals surface area contributed by atoms with Gasteiger partial charge in [0.1, 0.15) is 17.2 Å². The molecule has 2 aromatic heterocycles. The lowest BCUT2D eigenvalue weighted by atomic mass is 10.2. The molecule has 0 bridgehead atoms. The molecule has 0 atom stereocenters. The van der Waals surface area contributed by atoms with Gasteiger partial charge in [0.15, 0.2) is 0 Å². The minimum Gasteiger partial charge on any atom is -0.474 e. The largest absolute Gasteiger partial charge is 0.474 e. The zero-order valence-corrected chi connectivity index (χ0v) is 12.8. The Morgan fingerprint density at radius 1 is 1.41 bits per heavy atom. The summed E-state index contributed by atoms with van der Waals surface area (Å²) in [5.74, 6) is 0.969. The number of carbonyl (C=O) groups excluding carboxylic acids is 1. The minimum absolute atomic E-state index is 0.0670. The van der Waals surface area contributed by atoms with E-state index in [1.54, 1.807) is 31.5 Å². The van der Waals surface area contributed by atoms with Crippen molar-refractivity contribution in [2.24, 2.45) is 0 Å². The highest BCUT2D eigenvalue weighted by atomic mass is 16.5. The number of rotatable bonds is 5. The summed E-state index contributed by atoms with van der Waals surface area (Å²) in [7, 11) is 0. The Morgan fingerprint density at radius 3 is 2.86 bits per heavy atom. The highest BCUT2D eigenvalue weighted by molar-refractivity contribution is 5.96. The van der Waals surface area contributed by atoms with Gasteiger partial charge in [0.2, 0.25) is 5.88 Å². The Bertz CT molecular complexity index is 673. The fraction of sp³-hybridized carbons (Fsp3) is 0.333. The molecule has 7 nitrogen and oxygen atoms in total. The van der Waals surface area contributed by atoms with Crippen LogP contribution in [0.15, 0.2) is 24.5 Å². The molecule has 2 heterocycles. The van der Waals surface area contributed by atoms with Gasteiger partial charge in [-0.2, -0.15) is 0 Å². The number of nitrogens with two attached hydrogens (primary N) is 1. The maximum atomic E-state index is 12.3. The van der Waals surface area contributed by atoms with Crippen LogP contribution in [0.2, 0.25) is 0 Å². The van der Waals surface area contributed by atoms with Crippen LogP contribution in [0.25, 0.3) is 0 Å². The summed E-state index contributed by atoms with van der Waals surface area (Å²) in [6.07, 6.45) is 3.12. The number of nitrogens with one attached hydrogen (secondary N) is 1. The molecule has 0 spiro atoms. The van der Waals surface area contributed by atoms with E-state index in [1.807, 2.05) is 13.8 Å². The summed E-state index contributed by atoms with van der Waals surface area (Å²) in [4.78, 5) is 24.5. The lowest BCUT2D eigenvalue weighted by molar-refractivity contribution is 0.0944. The van der Waals surface area contributed by atoms with E-state index in [4.69, 9.17) is 10.5 Å². The number of aromatic nitrogens is 3. The zero-order chi connectivity index (χ0) is 16.1. The van der Waals surface area contributed by atoms with Gasteiger partial charge in [-0.1, -0.05) is 0 Å². The molecule has 2 aromatic rings. The molecule has 1 amide bonds. The first-order valence-electron chi connectivity index (χ1n) is 6.95. The quantitative estimate of drug-likeness (QED) is 0.867. The molecule has 22 heavy (non-hydrogen) atoms. The Labute approximate surface area is 129 Å². The number of hydrogen-bond acceptors (Lipinski definition) is 6. The second-order valence-electron chi connectivity index (χ2n) is 5.03. The molecule has 7 heteroatoms. The van der Waals surface area contributed by atoms with Crippen molar-refractivity contribution < 1.29 is 9.53 Å². The summed E-state index contributed by atoms with van der Waals surface area (Å²) < 4.78 is 5.54. The van der Waals surface area contributed by atoms with Crippen molar-refractivity contribution in [3.8, 4) is 5.88 Å². The molecule has 2 rings (SSSR count). The predicted molar refractivity (Wildman–Crippen MR) is 82.4 cm³/mol. The monoisotopic (exact) mass is 301 g/mol. The molecule has 0 aliphatic carbocycles. The van der Waals surface area contributed by atoms with Crippen LogP contribution in [0, 0.1) is 6.92 Å². The molecule has 3 N–H and O–H groups in total. The van der Waals surface area contributed by atoms with Crippen molar-refractivity contribution in [1.82, 2.24) is 20.3 Å². The molecule has 0 saturated carbocycles. The Kier molecular flexibility index (Phi) is 4.88. The molecule has 0 radical (unpaired) electrons. The van der Waals surface area contributed by atoms with Gasteiger partial charge in [-0.3, -0.25) is 4.79 Å². The normalized spacial score (nSPS) is 10.5. The van der Waals surface area contributed by atoms with Crippen molar-refractivity contribution in [2.45, 2.75) is 33.4 Å². The second kappa shape index (κ2) is 6.84. The highest BCUT2D eigenvalue weighted by Crippen LogP contribution is 2.16. The number of amides is 1. The first kappa shape index (κ1) is 15.7. The van der Waals surface area contributed by atoms with Crippen LogP contribution >= 0.6 is 0 Å². The molecule has 116 valence electrons. The van der Waals surface area contributed by atoms with E-state index in [2.05, 4.69) is 20.3 Å². The van der Waals surface area contributed by atoms with E-state index >= 15 is 0 Å². The Hall–Kier alpha value is -2.70. The van der Waals surface area contributed by atoms with E-state index in [-0.39, 0.29) is 18.6 Å². The Balaban J connectivity index is 2.09. The highest BCUT2D eigenvalue weighted by Gasteiger charge is 2.15. The average Bonchev–Trinajstić information content (AvgIpc) is 2.46. The average molecular weight is 301 g/mol. The van der Waals surface area contributed by atoms with Gasteiger partial charge in [0.05, 0.1) is 6.10 Å². The van der Waals surface area contributed by atoms with Crippen molar-refractivity contribution >= 4 is 11.7 Å². The maximum Gasteiger partial charge on any atom is 0.257 e. The fourth-order valence-corrected chi connectivity index (χ4v) is 1.80. The topological polar surface area (TPSA) is 103 Å². The molecule has 0 unspecified atom stereocenters. The van der Waals surface area contributed by atoms with Crippen LogP contribution in [0.4, 0.5) is 5.82 Å². The standard InChI is InChI=1S/C15H19N5O2/c1-9(2)22-15-12(5-4-6-17-15)14(21)19-8-11-7-18-10(3)20-13(11)16/h4-7,9H,8H2,1-3H3,(H,19,21)(H2,16,18,20). The SMILES string of the molecule is Cc1ncc(CNC(=O)c2cccnc2OC(C)C)c(N)n1. The number of nitrogens with zero attached hydrogens (tertiary/aromatic N) is 3. The third kappa shape index (κ3) is 3.91. The molecule has 0 fully saturated rings. The maximum absolute atomic E-state index is 12.3. The van der Waals surface area contributed by atoms with E-state index in [1.165, 1.54) is 0 Å². The van der Waals surface area contributed by atoms with Crippen molar-refractivity contribution in [3.05, 3.63) is 41.5 Å². The van der Waals surface area contributed by atoms with Crippen molar-refractivity contribution in [2.75, 3.05) is 5.73 Å². The lowest BCUT2D eigenvalue weighted by Crippen LogP contribution is -2.25. The number of ether oxygens (including phenoxy) is 1. The van der Waals surface area contributed by atoms with Crippen LogP contribution in [-0.2, 0) is 6.54 Å². The molecule has 0 aromatic carbocycles. The third-order valence-corrected chi connectivity index (χ3v) is 2.82. The zero-order valence-electron chi connectivity index (χ0n) is 12.8. The van der Waals surface area contributed by atoms with Crippen LogP contribution in [0.3, 0.4) is 0 Å². The van der Waals surface area contributed by atoms with Crippen molar-refractivity contribution in [3.63, 3.8) is 0 Å². The van der Waals surface area contributed by atoms with E-state index in [0.29, 0.717) is 28.6 Å². The van der Waals surface area contributed by atoms with E-state index in [9.17, 15) is 4.79 Å². The van der Waals surface area contributed by atoms with Crippen LogP contribution in [-0.4, -0.2) is 27.0 Å². The number of pyridine rings is 1. The first-order valence-corrected chi connectivity index (χ1v) is 6.95. The summed E-state index contributed by atoms with van der Waals surface area (Å²) in [5, 5.41) is 2.77. The van der Waals surface area contributed by atoms with Crippen LogP contribution in [0.1, 0.15) is 35.6 Å². The van der Waals surface area contributed by atoms with Crippen LogP contribution in [0.5, 0.6) is 5.88 Å². The molecule has 0 aliphatic rings. The van der Waals surface area contributed by atoms with Gasteiger partial charge in [-0.15, -0.1) is 0 Å². The number of anilines is 1. The second-order valence-corrected chi connectivity index (χ2v) is 5.03. The predicted octanol–water partition coefficient (Wildman–Crippen LogP) is 1.48. The molecule has 0 aliphatic heterocycles. The van der Waals surface area contributed by atoms with Gasteiger partial charge in [-0.05, 0) is 32.9 Å². The smallest absolute Gasteiger partial charge is 0.257 e. The van der Waals surface area contributed by atoms with Gasteiger partial charge in [0.25, 0.3) is 5.91 Å². The summed E-state index contributed by atoms with van der Waals surface area (Å²) in [6, 6.07) is 3.35. The van der Waals surface area contributed by atoms with Gasteiger partial charge in [-0.25, -0.2) is 15.0 Å². The minimum atomic E-state index is -0.288. The van der Waals surface area contributed by atoms with Gasteiger partial charge in [0, 0.05) is 24.5 Å². The first-order chi connectivity index (χ1) is 10.5. The van der Waals surface area contributed by atoms with Crippen LogP contribution < -0.4 is 15.8 Å². The van der Waals surface area contributed by atoms with E-state index in [0.717, 1.165) is 0 Å². The van der Waals surface area contributed by atoms with Crippen molar-refractivity contribution in [1.29, 1.82) is 0 Å². The fourth-order valence-electron chi connectivity index (χ4n) is 1.80. The summed E-state index contributed by atoms with van der Waals surface area (Å²) >= 11 is 0. The third-order valence-electron chi connectivity index (χ3n) is 2.82.